The van der Waals surface area contributed by atoms with Crippen LogP contribution in [0.3, 0.4) is 0 Å². The van der Waals surface area contributed by atoms with Gasteiger partial charge in [0.05, 0.1) is 33.8 Å². The highest BCUT2D eigenvalue weighted by atomic mass is 79.9. The second-order valence-electron chi connectivity index (χ2n) is 8.31. The number of anilines is 2. The quantitative estimate of drug-likeness (QED) is 0.356. The van der Waals surface area contributed by atoms with E-state index < -0.39 is 18.5 Å². The first kappa shape index (κ1) is 21.9. The van der Waals surface area contributed by atoms with E-state index in [1.54, 1.807) is 30.3 Å². The minimum Gasteiger partial charge on any atom is -0.452 e. The molecule has 2 bridgehead atoms. The Morgan fingerprint density at radius 2 is 1.76 bits per heavy atom. The molecule has 5 rings (SSSR count). The maximum absolute atomic E-state index is 13.0. The summed E-state index contributed by atoms with van der Waals surface area (Å²) in [5.41, 5.74) is 0.864. The number of fused-ring (bicyclic) bond motifs is 5. The summed E-state index contributed by atoms with van der Waals surface area (Å²) in [6.45, 7) is -0.518. The number of ether oxygens (including phenoxy) is 1. The molecule has 2 aromatic rings. The van der Waals surface area contributed by atoms with Crippen LogP contribution < -0.4 is 10.2 Å². The summed E-state index contributed by atoms with van der Waals surface area (Å²) in [5, 5.41) is 2.91. The lowest BCUT2D eigenvalue weighted by Crippen LogP contribution is -2.33. The number of amides is 3. The Morgan fingerprint density at radius 3 is 2.42 bits per heavy atom. The summed E-state index contributed by atoms with van der Waals surface area (Å²) in [7, 11) is 0. The molecule has 1 saturated carbocycles. The molecular weight excluding hydrogens is 512 g/mol. The second-order valence-corrected chi connectivity index (χ2v) is 9.63. The molecule has 4 atom stereocenters. The summed E-state index contributed by atoms with van der Waals surface area (Å²) in [4.78, 5) is 51.9. The zero-order valence-corrected chi connectivity index (χ0v) is 19.5. The van der Waals surface area contributed by atoms with Crippen LogP contribution in [0.4, 0.5) is 11.4 Å². The van der Waals surface area contributed by atoms with Gasteiger partial charge in [0, 0.05) is 4.47 Å². The lowest BCUT2D eigenvalue weighted by Gasteiger charge is -2.18. The van der Waals surface area contributed by atoms with E-state index in [0.29, 0.717) is 16.4 Å². The fourth-order valence-electron chi connectivity index (χ4n) is 4.92. The average Bonchev–Trinajstić information content (AvgIpc) is 3.48. The Bertz CT molecular complexity index is 1200. The molecule has 1 aliphatic heterocycles. The molecular formula is C24H18BrClN2O5. The van der Waals surface area contributed by atoms with Crippen molar-refractivity contribution in [3.8, 4) is 0 Å². The molecule has 2 aliphatic carbocycles. The molecule has 1 saturated heterocycles. The maximum Gasteiger partial charge on any atom is 0.338 e. The standard InChI is InChI=1S/C24H18BrClN2O5/c25-15-6-7-18(17(26)10-15)27-19(29)11-33-24(32)14-2-1-3-16(9-14)28-22(30)20-12-4-5-13(8-12)21(20)23(28)31/h1-7,9-10,12-13,20-21H,8,11H2,(H,27,29)/t12-,13-,20-,21-/m0/s1. The van der Waals surface area contributed by atoms with Crippen LogP contribution in [0.15, 0.2) is 59.1 Å². The molecule has 0 aromatic heterocycles. The number of carbonyl (C=O) groups is 4. The minimum atomic E-state index is -0.741. The fraction of sp³-hybridized carbons (Fsp3) is 0.250. The van der Waals surface area contributed by atoms with Crippen LogP contribution >= 0.6 is 27.5 Å². The molecule has 168 valence electrons. The van der Waals surface area contributed by atoms with Gasteiger partial charge in [-0.2, -0.15) is 0 Å². The Kier molecular flexibility index (Phi) is 5.58. The first-order valence-corrected chi connectivity index (χ1v) is 11.6. The molecule has 7 nitrogen and oxygen atoms in total. The summed E-state index contributed by atoms with van der Waals surface area (Å²) in [6.07, 6.45) is 4.90. The van der Waals surface area contributed by atoms with Crippen LogP contribution in [-0.4, -0.2) is 30.3 Å². The molecule has 9 heteroatoms. The van der Waals surface area contributed by atoms with Crippen molar-refractivity contribution in [2.75, 3.05) is 16.8 Å². The van der Waals surface area contributed by atoms with E-state index in [2.05, 4.69) is 21.2 Å². The van der Waals surface area contributed by atoms with Gasteiger partial charge in [0.1, 0.15) is 0 Å². The topological polar surface area (TPSA) is 92.8 Å². The van der Waals surface area contributed by atoms with Gasteiger partial charge in [0.25, 0.3) is 5.91 Å². The maximum atomic E-state index is 13.0. The molecule has 1 N–H and O–H groups in total. The molecule has 0 unspecified atom stereocenters. The van der Waals surface area contributed by atoms with Crippen LogP contribution in [0, 0.1) is 23.7 Å². The van der Waals surface area contributed by atoms with Gasteiger partial charge < -0.3 is 10.1 Å². The summed E-state index contributed by atoms with van der Waals surface area (Å²) < 4.78 is 5.88. The second kappa shape index (κ2) is 8.43. The predicted molar refractivity (Wildman–Crippen MR) is 125 cm³/mol. The van der Waals surface area contributed by atoms with Gasteiger partial charge >= 0.3 is 5.97 Å². The van der Waals surface area contributed by atoms with Gasteiger partial charge in [-0.25, -0.2) is 9.69 Å². The fourth-order valence-corrected chi connectivity index (χ4v) is 5.64. The zero-order chi connectivity index (χ0) is 23.3. The van der Waals surface area contributed by atoms with Crippen LogP contribution in [0.5, 0.6) is 0 Å². The van der Waals surface area contributed by atoms with Gasteiger partial charge in [-0.15, -0.1) is 0 Å². The van der Waals surface area contributed by atoms with E-state index in [-0.39, 0.29) is 41.0 Å². The number of allylic oxidation sites excluding steroid dienone is 2. The molecule has 33 heavy (non-hydrogen) atoms. The highest BCUT2D eigenvalue weighted by Gasteiger charge is 2.59. The van der Waals surface area contributed by atoms with Gasteiger partial charge in [0.15, 0.2) is 6.61 Å². The van der Waals surface area contributed by atoms with Gasteiger partial charge in [0.2, 0.25) is 11.8 Å². The number of nitrogens with one attached hydrogen (secondary N) is 1. The Balaban J connectivity index is 1.25. The molecule has 0 spiro atoms. The van der Waals surface area contributed by atoms with Crippen LogP contribution in [-0.2, 0) is 19.1 Å². The number of hydrogen-bond donors (Lipinski definition) is 1. The largest absolute Gasteiger partial charge is 0.452 e. The van der Waals surface area contributed by atoms with Crippen molar-refractivity contribution < 1.29 is 23.9 Å². The lowest BCUT2D eigenvalue weighted by molar-refractivity contribution is -0.123. The third-order valence-electron chi connectivity index (χ3n) is 6.35. The lowest BCUT2D eigenvalue weighted by atomic mass is 9.85. The van der Waals surface area contributed by atoms with Crippen molar-refractivity contribution in [3.05, 3.63) is 69.7 Å². The Labute approximate surface area is 202 Å². The molecule has 2 aromatic carbocycles. The van der Waals surface area contributed by atoms with Crippen LogP contribution in [0.25, 0.3) is 0 Å². The zero-order valence-electron chi connectivity index (χ0n) is 17.2. The number of rotatable bonds is 5. The molecule has 3 amide bonds. The van der Waals surface area contributed by atoms with Crippen molar-refractivity contribution in [2.45, 2.75) is 6.42 Å². The van der Waals surface area contributed by atoms with E-state index in [1.807, 2.05) is 12.2 Å². The first-order chi connectivity index (χ1) is 15.8. The van der Waals surface area contributed by atoms with Crippen molar-refractivity contribution in [3.63, 3.8) is 0 Å². The van der Waals surface area contributed by atoms with Crippen molar-refractivity contribution in [1.29, 1.82) is 0 Å². The molecule has 0 radical (unpaired) electrons. The normalized spacial score (nSPS) is 24.8. The van der Waals surface area contributed by atoms with Crippen LogP contribution in [0.2, 0.25) is 5.02 Å². The first-order valence-electron chi connectivity index (χ1n) is 10.4. The minimum absolute atomic E-state index is 0.104. The summed E-state index contributed by atoms with van der Waals surface area (Å²) in [6, 6.07) is 11.1. The van der Waals surface area contributed by atoms with Crippen molar-refractivity contribution >= 4 is 62.6 Å². The SMILES string of the molecule is O=C(COC(=O)c1cccc(N2C(=O)[C@@H]3[C@@H](C2=O)[C@H]2C=C[C@H]3C2)c1)Nc1ccc(Br)cc1Cl. The van der Waals surface area contributed by atoms with Gasteiger partial charge in [-0.05, 0) is 54.7 Å². The van der Waals surface area contributed by atoms with Gasteiger partial charge in [-0.1, -0.05) is 45.7 Å². The number of benzene rings is 2. The van der Waals surface area contributed by atoms with Crippen molar-refractivity contribution in [1.82, 2.24) is 0 Å². The Hall–Kier alpha value is -2.97. The van der Waals surface area contributed by atoms with Crippen LogP contribution in [0.1, 0.15) is 16.8 Å². The molecule has 1 heterocycles. The predicted octanol–water partition coefficient (Wildman–Crippen LogP) is 4.21. The number of hydrogen-bond acceptors (Lipinski definition) is 5. The van der Waals surface area contributed by atoms with E-state index in [4.69, 9.17) is 16.3 Å². The smallest absolute Gasteiger partial charge is 0.338 e. The van der Waals surface area contributed by atoms with Gasteiger partial charge in [-0.3, -0.25) is 14.4 Å². The summed E-state index contributed by atoms with van der Waals surface area (Å²) in [5.74, 6) is -2.18. The summed E-state index contributed by atoms with van der Waals surface area (Å²) >= 11 is 9.36. The number of nitrogens with zero attached hydrogens (tertiary/aromatic N) is 1. The number of imide groups is 1. The van der Waals surface area contributed by atoms with E-state index in [1.165, 1.54) is 17.0 Å². The monoisotopic (exact) mass is 528 g/mol. The molecule has 3 aliphatic rings. The average molecular weight is 530 g/mol. The number of esters is 1. The highest BCUT2D eigenvalue weighted by Crippen LogP contribution is 2.53. The molecule has 2 fully saturated rings. The number of halogens is 2. The third kappa shape index (κ3) is 3.87. The van der Waals surface area contributed by atoms with Crippen molar-refractivity contribution in [2.24, 2.45) is 23.7 Å². The van der Waals surface area contributed by atoms with E-state index in [9.17, 15) is 19.2 Å². The van der Waals surface area contributed by atoms with E-state index in [0.717, 1.165) is 10.9 Å². The third-order valence-corrected chi connectivity index (χ3v) is 7.16. The number of carbonyl (C=O) groups excluding carboxylic acids is 4. The highest BCUT2D eigenvalue weighted by molar-refractivity contribution is 9.10. The Morgan fingerprint density at radius 1 is 1.06 bits per heavy atom. The van der Waals surface area contributed by atoms with E-state index >= 15 is 0 Å².